The Morgan fingerprint density at radius 2 is 1.92 bits per heavy atom. The van der Waals surface area contributed by atoms with Gasteiger partial charge in [0, 0.05) is 18.8 Å². The number of rotatable bonds is 4. The number of piperidine rings is 1. The van der Waals surface area contributed by atoms with Gasteiger partial charge in [-0.25, -0.2) is 0 Å². The molecule has 0 unspecified atom stereocenters. The maximum absolute atomic E-state index is 12.8. The lowest BCUT2D eigenvalue weighted by Gasteiger charge is -2.30. The van der Waals surface area contributed by atoms with Gasteiger partial charge in [-0.2, -0.15) is 0 Å². The first-order valence-corrected chi connectivity index (χ1v) is 8.89. The van der Waals surface area contributed by atoms with Crippen molar-refractivity contribution in [2.24, 2.45) is 11.7 Å². The highest BCUT2D eigenvalue weighted by Gasteiger charge is 2.46. The molecule has 1 atom stereocenters. The van der Waals surface area contributed by atoms with E-state index in [0.717, 1.165) is 10.5 Å². The van der Waals surface area contributed by atoms with E-state index in [2.05, 4.69) is 0 Å². The molecule has 3 aliphatic heterocycles. The Kier molecular flexibility index (Phi) is 4.28. The van der Waals surface area contributed by atoms with Gasteiger partial charge >= 0.3 is 0 Å². The number of benzene rings is 1. The van der Waals surface area contributed by atoms with Crippen molar-refractivity contribution in [1.29, 1.82) is 0 Å². The topological polar surface area (TPSA) is 103 Å². The number of quaternary nitrogens is 1. The molecule has 1 aromatic carbocycles. The summed E-state index contributed by atoms with van der Waals surface area (Å²) >= 11 is 0. The summed E-state index contributed by atoms with van der Waals surface area (Å²) in [4.78, 5) is 38.9. The minimum atomic E-state index is -0.356. The molecule has 0 bridgehead atoms. The lowest BCUT2D eigenvalue weighted by molar-refractivity contribution is -0.920. The number of amides is 3. The fourth-order valence-corrected chi connectivity index (χ4v) is 4.01. The zero-order valence-corrected chi connectivity index (χ0v) is 14.4. The summed E-state index contributed by atoms with van der Waals surface area (Å²) in [6.07, 6.45) is 1.57. The van der Waals surface area contributed by atoms with E-state index in [1.165, 1.54) is 4.90 Å². The number of ether oxygens (including phenoxy) is 2. The van der Waals surface area contributed by atoms with Crippen LogP contribution in [0.1, 0.15) is 24.8 Å². The highest BCUT2D eigenvalue weighted by atomic mass is 16.7. The molecular weight excluding hydrogens is 338 g/mol. The molecule has 3 N–H and O–H groups in total. The molecule has 0 spiro atoms. The monoisotopic (exact) mass is 360 g/mol. The second-order valence-corrected chi connectivity index (χ2v) is 7.10. The minimum Gasteiger partial charge on any atom is -0.454 e. The van der Waals surface area contributed by atoms with E-state index in [4.69, 9.17) is 15.2 Å². The van der Waals surface area contributed by atoms with Crippen LogP contribution in [0.4, 0.5) is 0 Å². The predicted octanol–water partition coefficient (Wildman–Crippen LogP) is -1.18. The molecule has 3 aliphatic rings. The molecule has 2 saturated heterocycles. The van der Waals surface area contributed by atoms with E-state index in [-0.39, 0.29) is 49.4 Å². The van der Waals surface area contributed by atoms with Crippen molar-refractivity contribution in [2.75, 3.05) is 19.9 Å². The van der Waals surface area contributed by atoms with Gasteiger partial charge in [0.15, 0.2) is 17.5 Å². The summed E-state index contributed by atoms with van der Waals surface area (Å²) in [6, 6.07) is 5.08. The normalized spacial score (nSPS) is 27.8. The number of primary amides is 1. The summed E-state index contributed by atoms with van der Waals surface area (Å²) in [5.74, 6) is 0.630. The number of nitrogens with zero attached hydrogens (tertiary/aromatic N) is 1. The highest BCUT2D eigenvalue weighted by molar-refractivity contribution is 6.04. The van der Waals surface area contributed by atoms with Gasteiger partial charge < -0.3 is 20.1 Å². The average Bonchev–Trinajstić information content (AvgIpc) is 3.21. The Morgan fingerprint density at radius 3 is 2.65 bits per heavy atom. The lowest BCUT2D eigenvalue weighted by atomic mass is 9.95. The van der Waals surface area contributed by atoms with Crippen LogP contribution in [0.5, 0.6) is 11.5 Å². The molecule has 0 radical (unpaired) electrons. The van der Waals surface area contributed by atoms with E-state index in [0.29, 0.717) is 37.4 Å². The molecule has 0 saturated carbocycles. The van der Waals surface area contributed by atoms with Crippen molar-refractivity contribution in [3.05, 3.63) is 23.8 Å². The van der Waals surface area contributed by atoms with Gasteiger partial charge in [0.2, 0.25) is 18.6 Å². The van der Waals surface area contributed by atoms with Crippen molar-refractivity contribution in [3.63, 3.8) is 0 Å². The second-order valence-electron chi connectivity index (χ2n) is 7.10. The number of imide groups is 1. The van der Waals surface area contributed by atoms with Crippen LogP contribution in [0.2, 0.25) is 0 Å². The van der Waals surface area contributed by atoms with Crippen molar-refractivity contribution in [2.45, 2.75) is 31.8 Å². The number of nitrogens with one attached hydrogen (secondary N) is 1. The number of fused-ring (bicyclic) bond motifs is 1. The molecule has 2 fully saturated rings. The van der Waals surface area contributed by atoms with Crippen LogP contribution in [0.25, 0.3) is 0 Å². The Hall–Kier alpha value is -2.61. The van der Waals surface area contributed by atoms with E-state index in [1.54, 1.807) is 12.1 Å². The number of hydrogen-bond acceptors (Lipinski definition) is 5. The number of carbonyl (C=O) groups excluding carboxylic acids is 3. The van der Waals surface area contributed by atoms with Crippen molar-refractivity contribution in [3.8, 4) is 11.5 Å². The number of carbonyl (C=O) groups is 3. The number of likely N-dealkylation sites (tertiary alicyclic amines) is 2. The Morgan fingerprint density at radius 1 is 1.19 bits per heavy atom. The molecule has 0 aromatic heterocycles. The third-order valence-electron chi connectivity index (χ3n) is 5.54. The lowest BCUT2D eigenvalue weighted by Crippen LogP contribution is -3.17. The molecule has 4 rings (SSSR count). The van der Waals surface area contributed by atoms with Crippen LogP contribution in [-0.4, -0.2) is 48.5 Å². The molecule has 8 heteroatoms. The van der Waals surface area contributed by atoms with Crippen LogP contribution in [0, 0.1) is 5.92 Å². The standard InChI is InChI=1S/C18H21N3O5/c19-17(23)12-3-5-20(6-4-12)13-8-16(22)21(18(13)24)9-11-1-2-14-15(7-11)26-10-25-14/h1-2,7,12-13H,3-6,8-10H2,(H2,19,23)/p+1/t13-/m0/s1. The molecular formula is C18H22N3O5+. The highest BCUT2D eigenvalue weighted by Crippen LogP contribution is 2.33. The Bertz CT molecular complexity index is 757. The van der Waals surface area contributed by atoms with Gasteiger partial charge in [0.25, 0.3) is 5.91 Å². The predicted molar refractivity (Wildman–Crippen MR) is 89.1 cm³/mol. The Balaban J connectivity index is 1.42. The van der Waals surface area contributed by atoms with E-state index in [9.17, 15) is 14.4 Å². The largest absolute Gasteiger partial charge is 0.454 e. The quantitative estimate of drug-likeness (QED) is 0.658. The van der Waals surface area contributed by atoms with Crippen molar-refractivity contribution in [1.82, 2.24) is 4.90 Å². The van der Waals surface area contributed by atoms with Gasteiger partial charge in [0.1, 0.15) is 0 Å². The smallest absolute Gasteiger partial charge is 0.288 e. The van der Waals surface area contributed by atoms with Crippen molar-refractivity contribution >= 4 is 17.7 Å². The zero-order valence-electron chi connectivity index (χ0n) is 14.4. The molecule has 3 amide bonds. The molecule has 0 aliphatic carbocycles. The van der Waals surface area contributed by atoms with E-state index in [1.807, 2.05) is 6.07 Å². The fraction of sp³-hybridized carbons (Fsp3) is 0.500. The summed E-state index contributed by atoms with van der Waals surface area (Å²) in [6.45, 7) is 1.80. The van der Waals surface area contributed by atoms with Crippen LogP contribution in [0.3, 0.4) is 0 Å². The van der Waals surface area contributed by atoms with Crippen molar-refractivity contribution < 1.29 is 28.8 Å². The second kappa shape index (κ2) is 6.60. The first-order valence-electron chi connectivity index (χ1n) is 8.89. The van der Waals surface area contributed by atoms with E-state index >= 15 is 0 Å². The van der Waals surface area contributed by atoms with Gasteiger partial charge in [-0.1, -0.05) is 6.07 Å². The zero-order chi connectivity index (χ0) is 18.3. The van der Waals surface area contributed by atoms with Gasteiger partial charge in [0.05, 0.1) is 26.1 Å². The Labute approximate surface area is 150 Å². The molecule has 1 aromatic rings. The SMILES string of the molecule is NC(=O)C1CC[NH+]([C@H]2CC(=O)N(Cc3ccc4c(c3)OCO4)C2=O)CC1. The summed E-state index contributed by atoms with van der Waals surface area (Å²) in [7, 11) is 0. The third-order valence-corrected chi connectivity index (χ3v) is 5.54. The first-order chi connectivity index (χ1) is 12.5. The summed E-state index contributed by atoms with van der Waals surface area (Å²) in [5, 5.41) is 0. The van der Waals surface area contributed by atoms with Gasteiger partial charge in [-0.05, 0) is 17.7 Å². The molecule has 3 heterocycles. The minimum absolute atomic E-state index is 0.115. The summed E-state index contributed by atoms with van der Waals surface area (Å²) < 4.78 is 10.6. The van der Waals surface area contributed by atoms with Gasteiger partial charge in [-0.15, -0.1) is 0 Å². The van der Waals surface area contributed by atoms with Crippen LogP contribution >= 0.6 is 0 Å². The van der Waals surface area contributed by atoms with Crippen LogP contribution < -0.4 is 20.1 Å². The van der Waals surface area contributed by atoms with Gasteiger partial charge in [-0.3, -0.25) is 19.3 Å². The van der Waals surface area contributed by atoms with Crippen LogP contribution in [0.15, 0.2) is 18.2 Å². The number of nitrogens with two attached hydrogens (primary N) is 1. The van der Waals surface area contributed by atoms with Crippen LogP contribution in [-0.2, 0) is 20.9 Å². The fourth-order valence-electron chi connectivity index (χ4n) is 4.01. The third kappa shape index (κ3) is 3.01. The van der Waals surface area contributed by atoms with E-state index < -0.39 is 0 Å². The number of hydrogen-bond donors (Lipinski definition) is 2. The maximum Gasteiger partial charge on any atom is 0.288 e. The first kappa shape index (κ1) is 16.8. The molecule has 26 heavy (non-hydrogen) atoms. The molecule has 8 nitrogen and oxygen atoms in total. The average molecular weight is 360 g/mol. The summed E-state index contributed by atoms with van der Waals surface area (Å²) in [5.41, 5.74) is 6.20. The molecule has 138 valence electrons. The maximum atomic E-state index is 12.8.